The average Bonchev–Trinajstić information content (AvgIpc) is 3.17. The highest BCUT2D eigenvalue weighted by molar-refractivity contribution is 5.31. The molecule has 2 rings (SSSR count). The van der Waals surface area contributed by atoms with Crippen LogP contribution in [-0.4, -0.2) is 12.7 Å². The molecule has 1 aromatic carbocycles. The average molecular weight is 246 g/mol. The summed E-state index contributed by atoms with van der Waals surface area (Å²) in [6, 6.07) is 7.21. The molecule has 1 unspecified atom stereocenters. The van der Waals surface area contributed by atoms with Crippen LogP contribution >= 0.6 is 0 Å². The van der Waals surface area contributed by atoms with Gasteiger partial charge in [-0.3, -0.25) is 0 Å². The first-order chi connectivity index (χ1) is 8.81. The lowest BCUT2D eigenvalue weighted by Crippen LogP contribution is -1.98. The van der Waals surface area contributed by atoms with Crippen LogP contribution in [0.25, 0.3) is 0 Å². The van der Waals surface area contributed by atoms with Crippen molar-refractivity contribution in [2.24, 2.45) is 0 Å². The molecule has 0 aromatic heterocycles. The molecule has 1 saturated heterocycles. The lowest BCUT2D eigenvalue weighted by Gasteiger charge is -2.09. The predicted molar refractivity (Wildman–Crippen MR) is 77.1 cm³/mol. The van der Waals surface area contributed by atoms with Crippen molar-refractivity contribution >= 4 is 0 Å². The smallest absolute Gasteiger partial charge is 0.0850 e. The van der Waals surface area contributed by atoms with Crippen LogP contribution in [0.5, 0.6) is 0 Å². The molecule has 1 atom stereocenters. The van der Waals surface area contributed by atoms with Crippen molar-refractivity contribution in [1.29, 1.82) is 0 Å². The van der Waals surface area contributed by atoms with Gasteiger partial charge < -0.3 is 4.74 Å². The van der Waals surface area contributed by atoms with E-state index < -0.39 is 0 Å². The van der Waals surface area contributed by atoms with E-state index in [1.165, 1.54) is 55.2 Å². The maximum atomic E-state index is 5.35. The van der Waals surface area contributed by atoms with Crippen LogP contribution in [0.2, 0.25) is 0 Å². The highest BCUT2D eigenvalue weighted by atomic mass is 16.6. The van der Waals surface area contributed by atoms with E-state index in [2.05, 4.69) is 32.0 Å². The van der Waals surface area contributed by atoms with E-state index in [0.717, 1.165) is 13.0 Å². The Morgan fingerprint density at radius 3 is 1.89 bits per heavy atom. The van der Waals surface area contributed by atoms with Gasteiger partial charge in [-0.05, 0) is 42.4 Å². The third-order valence-electron chi connectivity index (χ3n) is 3.62. The van der Waals surface area contributed by atoms with Crippen molar-refractivity contribution in [3.05, 3.63) is 34.9 Å². The first-order valence-corrected chi connectivity index (χ1v) is 7.55. The van der Waals surface area contributed by atoms with Crippen LogP contribution in [-0.2, 0) is 24.0 Å². The Morgan fingerprint density at radius 1 is 0.944 bits per heavy atom. The molecule has 1 aliphatic rings. The SMILES string of the molecule is CCCCc1cc(CCCC)cc(CC2CO2)c1. The van der Waals surface area contributed by atoms with Crippen molar-refractivity contribution in [3.63, 3.8) is 0 Å². The Bertz CT molecular complexity index is 340. The number of rotatable bonds is 8. The van der Waals surface area contributed by atoms with Crippen molar-refractivity contribution in [3.8, 4) is 0 Å². The molecule has 0 amide bonds. The molecule has 1 heteroatoms. The number of epoxide rings is 1. The van der Waals surface area contributed by atoms with E-state index in [1.54, 1.807) is 0 Å². The third kappa shape index (κ3) is 4.45. The molecule has 1 aliphatic heterocycles. The van der Waals surface area contributed by atoms with Crippen molar-refractivity contribution in [1.82, 2.24) is 0 Å². The number of ether oxygens (including phenoxy) is 1. The fourth-order valence-corrected chi connectivity index (χ4v) is 2.46. The largest absolute Gasteiger partial charge is 0.373 e. The van der Waals surface area contributed by atoms with Gasteiger partial charge in [0.1, 0.15) is 0 Å². The molecule has 1 fully saturated rings. The first-order valence-electron chi connectivity index (χ1n) is 7.55. The van der Waals surface area contributed by atoms with Gasteiger partial charge in [0.15, 0.2) is 0 Å². The zero-order chi connectivity index (χ0) is 12.8. The van der Waals surface area contributed by atoms with E-state index >= 15 is 0 Å². The fourth-order valence-electron chi connectivity index (χ4n) is 2.46. The van der Waals surface area contributed by atoms with Gasteiger partial charge >= 0.3 is 0 Å². The zero-order valence-corrected chi connectivity index (χ0v) is 11.9. The highest BCUT2D eigenvalue weighted by Crippen LogP contribution is 2.20. The van der Waals surface area contributed by atoms with Crippen molar-refractivity contribution in [2.45, 2.75) is 64.9 Å². The summed E-state index contributed by atoms with van der Waals surface area (Å²) in [7, 11) is 0. The molecule has 18 heavy (non-hydrogen) atoms. The predicted octanol–water partition coefficient (Wildman–Crippen LogP) is 4.31. The number of hydrogen-bond acceptors (Lipinski definition) is 1. The summed E-state index contributed by atoms with van der Waals surface area (Å²) in [5.41, 5.74) is 4.54. The summed E-state index contributed by atoms with van der Waals surface area (Å²) >= 11 is 0. The summed E-state index contributed by atoms with van der Waals surface area (Å²) < 4.78 is 5.35. The van der Waals surface area contributed by atoms with Gasteiger partial charge in [0.2, 0.25) is 0 Å². The van der Waals surface area contributed by atoms with Gasteiger partial charge in [-0.15, -0.1) is 0 Å². The Morgan fingerprint density at radius 2 is 1.44 bits per heavy atom. The quantitative estimate of drug-likeness (QED) is 0.623. The van der Waals surface area contributed by atoms with Gasteiger partial charge in [-0.2, -0.15) is 0 Å². The molecule has 0 bridgehead atoms. The molecule has 0 saturated carbocycles. The minimum absolute atomic E-state index is 0.505. The molecule has 0 radical (unpaired) electrons. The van der Waals surface area contributed by atoms with Crippen LogP contribution in [0.15, 0.2) is 18.2 Å². The molecule has 0 aliphatic carbocycles. The molecule has 1 aromatic rings. The lowest BCUT2D eigenvalue weighted by atomic mass is 9.97. The van der Waals surface area contributed by atoms with Gasteiger partial charge in [0.05, 0.1) is 12.7 Å². The monoisotopic (exact) mass is 246 g/mol. The van der Waals surface area contributed by atoms with E-state index in [4.69, 9.17) is 4.74 Å². The zero-order valence-electron chi connectivity index (χ0n) is 11.9. The maximum absolute atomic E-state index is 5.35. The molecule has 1 heterocycles. The number of unbranched alkanes of at least 4 members (excludes halogenated alkanes) is 2. The summed E-state index contributed by atoms with van der Waals surface area (Å²) in [5.74, 6) is 0. The van der Waals surface area contributed by atoms with Crippen LogP contribution in [0.1, 0.15) is 56.2 Å². The second-order valence-corrected chi connectivity index (χ2v) is 5.52. The van der Waals surface area contributed by atoms with E-state index in [-0.39, 0.29) is 0 Å². The molecular weight excluding hydrogens is 220 g/mol. The third-order valence-corrected chi connectivity index (χ3v) is 3.62. The summed E-state index contributed by atoms with van der Waals surface area (Å²) in [6.45, 7) is 5.49. The minimum Gasteiger partial charge on any atom is -0.373 e. The van der Waals surface area contributed by atoms with E-state index in [0.29, 0.717) is 6.10 Å². The van der Waals surface area contributed by atoms with Crippen LogP contribution in [0.3, 0.4) is 0 Å². The second kappa shape index (κ2) is 6.94. The minimum atomic E-state index is 0.505. The van der Waals surface area contributed by atoms with Gasteiger partial charge in [0.25, 0.3) is 0 Å². The van der Waals surface area contributed by atoms with Crippen LogP contribution < -0.4 is 0 Å². The molecule has 0 N–H and O–H groups in total. The summed E-state index contributed by atoms with van der Waals surface area (Å²) in [5, 5.41) is 0. The Labute approximate surface area is 112 Å². The Kier molecular flexibility index (Phi) is 5.25. The van der Waals surface area contributed by atoms with Gasteiger partial charge in [-0.1, -0.05) is 44.9 Å². The first kappa shape index (κ1) is 13.6. The molecule has 1 nitrogen and oxygen atoms in total. The second-order valence-electron chi connectivity index (χ2n) is 5.52. The van der Waals surface area contributed by atoms with E-state index in [9.17, 15) is 0 Å². The lowest BCUT2D eigenvalue weighted by molar-refractivity contribution is 0.407. The highest BCUT2D eigenvalue weighted by Gasteiger charge is 2.22. The van der Waals surface area contributed by atoms with E-state index in [1.807, 2.05) is 0 Å². The maximum Gasteiger partial charge on any atom is 0.0850 e. The molecule has 0 spiro atoms. The van der Waals surface area contributed by atoms with Gasteiger partial charge in [0, 0.05) is 6.42 Å². The Hall–Kier alpha value is -0.820. The van der Waals surface area contributed by atoms with Crippen molar-refractivity contribution in [2.75, 3.05) is 6.61 Å². The molecular formula is C17H26O. The number of benzene rings is 1. The summed E-state index contributed by atoms with van der Waals surface area (Å²) in [6.07, 6.45) is 9.24. The molecule has 100 valence electrons. The number of hydrogen-bond donors (Lipinski definition) is 0. The fraction of sp³-hybridized carbons (Fsp3) is 0.647. The normalized spacial score (nSPS) is 18.0. The topological polar surface area (TPSA) is 12.5 Å². The summed E-state index contributed by atoms with van der Waals surface area (Å²) in [4.78, 5) is 0. The van der Waals surface area contributed by atoms with Crippen LogP contribution in [0.4, 0.5) is 0 Å². The standard InChI is InChI=1S/C17H26O/c1-3-5-7-14-9-15(8-6-4-2)11-16(10-14)12-17-13-18-17/h9-11,17H,3-8,12-13H2,1-2H3. The van der Waals surface area contributed by atoms with Crippen molar-refractivity contribution < 1.29 is 4.74 Å². The van der Waals surface area contributed by atoms with Crippen LogP contribution in [0, 0.1) is 0 Å². The number of aryl methyl sites for hydroxylation is 2. The van der Waals surface area contributed by atoms with Gasteiger partial charge in [-0.25, -0.2) is 0 Å². The Balaban J connectivity index is 2.05.